The van der Waals surface area contributed by atoms with Crippen LogP contribution in [0.2, 0.25) is 0 Å². The first-order chi connectivity index (χ1) is 11.5. The molecule has 2 aliphatic rings. The molecule has 1 N–H and O–H groups in total. The molecular formula is C17H26N4O2S. The van der Waals surface area contributed by atoms with Gasteiger partial charge in [0.25, 0.3) is 0 Å². The van der Waals surface area contributed by atoms with Crippen LogP contribution in [0.15, 0.2) is 0 Å². The number of thiazole rings is 1. The van der Waals surface area contributed by atoms with E-state index in [0.29, 0.717) is 19.0 Å². The molecule has 7 heteroatoms. The van der Waals surface area contributed by atoms with E-state index >= 15 is 0 Å². The monoisotopic (exact) mass is 350 g/mol. The molecule has 1 aromatic heterocycles. The van der Waals surface area contributed by atoms with Gasteiger partial charge in [0.05, 0.1) is 12.2 Å². The molecule has 0 bridgehead atoms. The second-order valence-corrected chi connectivity index (χ2v) is 8.01. The largest absolute Gasteiger partial charge is 0.343 e. The van der Waals surface area contributed by atoms with Crippen molar-refractivity contribution >= 4 is 23.3 Å². The zero-order valence-electron chi connectivity index (χ0n) is 14.5. The predicted molar refractivity (Wildman–Crippen MR) is 94.0 cm³/mol. The minimum atomic E-state index is -0.0653. The minimum Gasteiger partial charge on any atom is -0.343 e. The number of urea groups is 1. The van der Waals surface area contributed by atoms with E-state index in [0.717, 1.165) is 37.4 Å². The summed E-state index contributed by atoms with van der Waals surface area (Å²) in [4.78, 5) is 33.3. The lowest BCUT2D eigenvalue weighted by molar-refractivity contribution is -0.127. The molecule has 1 saturated heterocycles. The van der Waals surface area contributed by atoms with Crippen LogP contribution in [0.4, 0.5) is 4.79 Å². The van der Waals surface area contributed by atoms with Crippen molar-refractivity contribution in [3.63, 3.8) is 0 Å². The molecule has 0 aromatic carbocycles. The van der Waals surface area contributed by atoms with E-state index in [2.05, 4.69) is 10.3 Å². The SMILES string of the molecule is CC(=O)N1CCC(CN(C)C(=O)NCc2nc3c(s2)CCCC3)C1. The molecule has 0 spiro atoms. The van der Waals surface area contributed by atoms with Crippen molar-refractivity contribution in [2.24, 2.45) is 5.92 Å². The summed E-state index contributed by atoms with van der Waals surface area (Å²) in [6, 6.07) is -0.0653. The van der Waals surface area contributed by atoms with E-state index in [9.17, 15) is 9.59 Å². The van der Waals surface area contributed by atoms with Crippen LogP contribution in [-0.2, 0) is 24.2 Å². The molecule has 0 saturated carbocycles. The zero-order chi connectivity index (χ0) is 17.1. The van der Waals surface area contributed by atoms with Gasteiger partial charge in [0.1, 0.15) is 5.01 Å². The zero-order valence-corrected chi connectivity index (χ0v) is 15.3. The number of nitrogens with zero attached hydrogens (tertiary/aromatic N) is 3. The Labute approximate surface area is 147 Å². The number of likely N-dealkylation sites (tertiary alicyclic amines) is 1. The first-order valence-electron chi connectivity index (χ1n) is 8.75. The van der Waals surface area contributed by atoms with Gasteiger partial charge in [0.2, 0.25) is 5.91 Å². The Balaban J connectivity index is 1.44. The van der Waals surface area contributed by atoms with Crippen molar-refractivity contribution in [1.82, 2.24) is 20.1 Å². The summed E-state index contributed by atoms with van der Waals surface area (Å²) in [6.45, 7) is 4.35. The fourth-order valence-corrected chi connectivity index (χ4v) is 4.60. The number of amides is 3. The maximum Gasteiger partial charge on any atom is 0.317 e. The Morgan fingerprint density at radius 3 is 2.88 bits per heavy atom. The summed E-state index contributed by atoms with van der Waals surface area (Å²) >= 11 is 1.74. The Bertz CT molecular complexity index is 592. The predicted octanol–water partition coefficient (Wildman–Crippen LogP) is 2.03. The number of carbonyl (C=O) groups excluding carboxylic acids is 2. The first kappa shape index (κ1) is 17.2. The molecule has 1 atom stereocenters. The van der Waals surface area contributed by atoms with Gasteiger partial charge >= 0.3 is 6.03 Å². The summed E-state index contributed by atoms with van der Waals surface area (Å²) in [6.07, 6.45) is 5.66. The summed E-state index contributed by atoms with van der Waals surface area (Å²) in [5.74, 6) is 0.495. The van der Waals surface area contributed by atoms with Gasteiger partial charge in [-0.25, -0.2) is 9.78 Å². The molecule has 24 heavy (non-hydrogen) atoms. The number of rotatable bonds is 4. The van der Waals surface area contributed by atoms with Crippen molar-refractivity contribution < 1.29 is 9.59 Å². The Morgan fingerprint density at radius 2 is 2.17 bits per heavy atom. The van der Waals surface area contributed by atoms with Gasteiger partial charge in [-0.1, -0.05) is 0 Å². The lowest BCUT2D eigenvalue weighted by Gasteiger charge is -2.21. The average Bonchev–Trinajstić information content (AvgIpc) is 3.18. The number of aryl methyl sites for hydroxylation is 2. The number of aromatic nitrogens is 1. The van der Waals surface area contributed by atoms with E-state index < -0.39 is 0 Å². The van der Waals surface area contributed by atoms with Gasteiger partial charge < -0.3 is 15.1 Å². The molecule has 1 unspecified atom stereocenters. The van der Waals surface area contributed by atoms with Crippen LogP contribution in [-0.4, -0.2) is 53.4 Å². The smallest absolute Gasteiger partial charge is 0.317 e. The number of hydrogen-bond acceptors (Lipinski definition) is 4. The number of nitrogens with one attached hydrogen (secondary N) is 1. The van der Waals surface area contributed by atoms with Gasteiger partial charge in [0, 0.05) is 38.5 Å². The van der Waals surface area contributed by atoms with Crippen LogP contribution >= 0.6 is 11.3 Å². The van der Waals surface area contributed by atoms with E-state index in [1.807, 2.05) is 11.9 Å². The van der Waals surface area contributed by atoms with Crippen molar-refractivity contribution in [3.8, 4) is 0 Å². The highest BCUT2D eigenvalue weighted by Crippen LogP contribution is 2.26. The number of carbonyl (C=O) groups is 2. The molecule has 3 amide bonds. The second kappa shape index (κ2) is 7.51. The number of fused-ring (bicyclic) bond motifs is 1. The topological polar surface area (TPSA) is 65.5 Å². The normalized spacial score (nSPS) is 19.9. The van der Waals surface area contributed by atoms with Gasteiger partial charge in [-0.2, -0.15) is 0 Å². The Kier molecular flexibility index (Phi) is 5.38. The first-order valence-corrected chi connectivity index (χ1v) is 9.56. The molecule has 1 aliphatic carbocycles. The van der Waals surface area contributed by atoms with Gasteiger partial charge in [-0.3, -0.25) is 4.79 Å². The van der Waals surface area contributed by atoms with Crippen LogP contribution in [0, 0.1) is 5.92 Å². The highest BCUT2D eigenvalue weighted by Gasteiger charge is 2.26. The average molecular weight is 350 g/mol. The van der Waals surface area contributed by atoms with Gasteiger partial charge in [-0.15, -0.1) is 11.3 Å². The molecule has 2 heterocycles. The van der Waals surface area contributed by atoms with Crippen molar-refractivity contribution in [1.29, 1.82) is 0 Å². The third-order valence-corrected chi connectivity index (χ3v) is 6.05. The van der Waals surface area contributed by atoms with Crippen LogP contribution < -0.4 is 5.32 Å². The fraction of sp³-hybridized carbons (Fsp3) is 0.706. The summed E-state index contributed by atoms with van der Waals surface area (Å²) in [7, 11) is 1.82. The molecule has 0 radical (unpaired) electrons. The maximum atomic E-state index is 12.3. The van der Waals surface area contributed by atoms with Crippen molar-refractivity contribution in [2.45, 2.75) is 45.6 Å². The fourth-order valence-electron chi connectivity index (χ4n) is 3.51. The quantitative estimate of drug-likeness (QED) is 0.904. The summed E-state index contributed by atoms with van der Waals surface area (Å²) < 4.78 is 0. The second-order valence-electron chi connectivity index (χ2n) is 6.84. The molecule has 1 aromatic rings. The molecule has 1 aliphatic heterocycles. The van der Waals surface area contributed by atoms with Gasteiger partial charge in [0.15, 0.2) is 0 Å². The van der Waals surface area contributed by atoms with Crippen molar-refractivity contribution in [3.05, 3.63) is 15.6 Å². The van der Waals surface area contributed by atoms with Crippen LogP contribution in [0.25, 0.3) is 0 Å². The van der Waals surface area contributed by atoms with E-state index in [1.54, 1.807) is 23.2 Å². The van der Waals surface area contributed by atoms with Crippen LogP contribution in [0.1, 0.15) is 41.8 Å². The number of hydrogen-bond donors (Lipinski definition) is 1. The minimum absolute atomic E-state index is 0.0653. The third-order valence-electron chi connectivity index (χ3n) is 4.89. The van der Waals surface area contributed by atoms with Crippen molar-refractivity contribution in [2.75, 3.05) is 26.7 Å². The summed E-state index contributed by atoms with van der Waals surface area (Å²) in [5, 5.41) is 3.98. The van der Waals surface area contributed by atoms with E-state index in [4.69, 9.17) is 0 Å². The van der Waals surface area contributed by atoms with Crippen LogP contribution in [0.5, 0.6) is 0 Å². The highest BCUT2D eigenvalue weighted by molar-refractivity contribution is 7.11. The summed E-state index contributed by atoms with van der Waals surface area (Å²) in [5.41, 5.74) is 1.24. The Morgan fingerprint density at radius 1 is 1.38 bits per heavy atom. The van der Waals surface area contributed by atoms with E-state index in [-0.39, 0.29) is 11.9 Å². The van der Waals surface area contributed by atoms with Gasteiger partial charge in [-0.05, 0) is 38.0 Å². The highest BCUT2D eigenvalue weighted by atomic mass is 32.1. The molecule has 6 nitrogen and oxygen atoms in total. The Hall–Kier alpha value is -1.63. The molecule has 1 fully saturated rings. The van der Waals surface area contributed by atoms with Crippen LogP contribution in [0.3, 0.4) is 0 Å². The molecule has 132 valence electrons. The maximum absolute atomic E-state index is 12.3. The lowest BCUT2D eigenvalue weighted by Crippen LogP contribution is -2.40. The lowest BCUT2D eigenvalue weighted by atomic mass is 10.0. The standard InChI is InChI=1S/C17H26N4O2S/c1-12(22)21-8-7-13(11-21)10-20(2)17(23)18-9-16-19-14-5-3-4-6-15(14)24-16/h13H,3-11H2,1-2H3,(H,18,23). The molecular weight excluding hydrogens is 324 g/mol. The van der Waals surface area contributed by atoms with E-state index in [1.165, 1.54) is 23.4 Å². The third kappa shape index (κ3) is 4.06. The molecule has 3 rings (SSSR count).